The molecule has 0 unspecified atom stereocenters. The standard InChI is InChI=1S/2C9H13.C2H7Si.2FH.Zr/c2*1-6-5-7(2)9(4)8(6)3;1-3-2;;;/h2*5H,1-4H3;3H,1-2H3;2*1H;/q2*-1;;;;+4/p-2. The van der Waals surface area contributed by atoms with Gasteiger partial charge < -0.3 is 9.41 Å². The first-order valence-corrected chi connectivity index (χ1v) is 10.1. The molecule has 0 bridgehead atoms. The predicted octanol–water partition coefficient (Wildman–Crippen LogP) is -0.197. The van der Waals surface area contributed by atoms with E-state index in [2.05, 4.69) is 80.6 Å². The maximum absolute atomic E-state index is 2.24. The first-order valence-electron chi connectivity index (χ1n) is 7.81. The van der Waals surface area contributed by atoms with Crippen molar-refractivity contribution in [2.24, 2.45) is 0 Å². The summed E-state index contributed by atoms with van der Waals surface area (Å²) in [5.41, 5.74) is 11.5. The summed E-state index contributed by atoms with van der Waals surface area (Å²) >= 11 is 0. The molecular weight excluding hydrogens is 398 g/mol. The van der Waals surface area contributed by atoms with Gasteiger partial charge >= 0.3 is 26.2 Å². The zero-order valence-corrected chi connectivity index (χ0v) is 20.6. The number of halogens is 2. The summed E-state index contributed by atoms with van der Waals surface area (Å²) in [7, 11) is 0.750. The fourth-order valence-corrected chi connectivity index (χ4v) is 2.27. The minimum Gasteiger partial charge on any atom is -1.00 e. The molecule has 0 aromatic heterocycles. The third kappa shape index (κ3) is 9.22. The van der Waals surface area contributed by atoms with E-state index in [0.717, 1.165) is 9.52 Å². The Kier molecular flexibility index (Phi) is 19.6. The zero-order chi connectivity index (χ0) is 16.7. The van der Waals surface area contributed by atoms with Gasteiger partial charge in [0, 0.05) is 9.52 Å². The van der Waals surface area contributed by atoms with Crippen molar-refractivity contribution in [3.8, 4) is 0 Å². The molecule has 0 saturated carbocycles. The van der Waals surface area contributed by atoms with Gasteiger partial charge in [0.2, 0.25) is 0 Å². The van der Waals surface area contributed by atoms with Crippen LogP contribution in [0.15, 0.2) is 12.1 Å². The SMILES string of the molecule is C[SiH]C.Cc1c[c-](C)c(C)c1C.Cc1c[c-](C)c(C)c1C.[F-].[F-].[Zr+4]. The normalized spacial score (nSPS) is 8.42. The molecule has 0 spiro atoms. The Hall–Kier alpha value is -0.340. The van der Waals surface area contributed by atoms with Crippen LogP contribution in [0.1, 0.15) is 44.5 Å². The van der Waals surface area contributed by atoms with Crippen molar-refractivity contribution >= 4 is 9.52 Å². The number of hydrogen-bond donors (Lipinski definition) is 0. The van der Waals surface area contributed by atoms with Gasteiger partial charge in [0.05, 0.1) is 0 Å². The van der Waals surface area contributed by atoms with Gasteiger partial charge in [-0.25, -0.2) is 0 Å². The monoisotopic (exact) mass is 429 g/mol. The fourth-order valence-electron chi connectivity index (χ4n) is 2.27. The second-order valence-electron chi connectivity index (χ2n) is 6.10. The van der Waals surface area contributed by atoms with E-state index in [4.69, 9.17) is 0 Å². The molecule has 0 aliphatic carbocycles. The van der Waals surface area contributed by atoms with Gasteiger partial charge in [-0.3, -0.25) is 0 Å². The van der Waals surface area contributed by atoms with E-state index >= 15 is 0 Å². The topological polar surface area (TPSA) is 0 Å². The Morgan fingerprint density at radius 2 is 0.875 bits per heavy atom. The second-order valence-corrected chi connectivity index (χ2v) is 7.25. The Morgan fingerprint density at radius 3 is 0.917 bits per heavy atom. The number of rotatable bonds is 0. The smallest absolute Gasteiger partial charge is 1.00 e. The summed E-state index contributed by atoms with van der Waals surface area (Å²) < 4.78 is 0. The summed E-state index contributed by atoms with van der Waals surface area (Å²) in [4.78, 5) is 0. The van der Waals surface area contributed by atoms with Crippen molar-refractivity contribution < 1.29 is 35.6 Å². The largest absolute Gasteiger partial charge is 4.00 e. The molecule has 2 aromatic rings. The molecule has 0 aliphatic heterocycles. The molecule has 0 aliphatic rings. The van der Waals surface area contributed by atoms with Crippen LogP contribution < -0.4 is 9.41 Å². The molecular formula is C20H33F2SiZr. The Balaban J connectivity index is -0.000000130. The molecule has 0 heterocycles. The first kappa shape index (κ1) is 31.4. The summed E-state index contributed by atoms with van der Waals surface area (Å²) in [6, 6.07) is 4.48. The quantitative estimate of drug-likeness (QED) is 0.401. The average molecular weight is 431 g/mol. The van der Waals surface area contributed by atoms with E-state index in [1.807, 2.05) is 0 Å². The summed E-state index contributed by atoms with van der Waals surface area (Å²) in [5, 5.41) is 0. The van der Waals surface area contributed by atoms with Crippen molar-refractivity contribution in [3.63, 3.8) is 0 Å². The van der Waals surface area contributed by atoms with Gasteiger partial charge in [-0.15, -0.1) is 0 Å². The van der Waals surface area contributed by atoms with Crippen LogP contribution in [-0.2, 0) is 26.2 Å². The maximum atomic E-state index is 2.24. The molecule has 0 atom stereocenters. The van der Waals surface area contributed by atoms with Gasteiger partial charge in [-0.2, -0.15) is 56.6 Å². The van der Waals surface area contributed by atoms with E-state index in [-0.39, 0.29) is 35.6 Å². The van der Waals surface area contributed by atoms with Crippen LogP contribution in [-0.4, -0.2) is 9.52 Å². The average Bonchev–Trinajstić information content (AvgIpc) is 2.77. The van der Waals surface area contributed by atoms with Gasteiger partial charge in [-0.1, -0.05) is 68.5 Å². The number of hydrogen-bond acceptors (Lipinski definition) is 0. The molecule has 0 nitrogen and oxygen atoms in total. The minimum absolute atomic E-state index is 0. The van der Waals surface area contributed by atoms with E-state index in [1.165, 1.54) is 44.5 Å². The van der Waals surface area contributed by atoms with Crippen LogP contribution in [0.5, 0.6) is 0 Å². The van der Waals surface area contributed by atoms with Crippen molar-refractivity contribution in [2.45, 2.75) is 68.5 Å². The molecule has 0 fully saturated rings. The van der Waals surface area contributed by atoms with Crippen molar-refractivity contribution in [1.29, 1.82) is 0 Å². The van der Waals surface area contributed by atoms with E-state index in [0.29, 0.717) is 0 Å². The van der Waals surface area contributed by atoms with Crippen molar-refractivity contribution in [3.05, 3.63) is 56.6 Å². The van der Waals surface area contributed by atoms with Crippen LogP contribution in [0.4, 0.5) is 0 Å². The second kappa shape index (κ2) is 15.0. The van der Waals surface area contributed by atoms with Crippen LogP contribution >= 0.6 is 0 Å². The minimum atomic E-state index is 0. The third-order valence-electron chi connectivity index (χ3n) is 4.36. The van der Waals surface area contributed by atoms with Gasteiger partial charge in [0.15, 0.2) is 0 Å². The Morgan fingerprint density at radius 1 is 0.667 bits per heavy atom. The van der Waals surface area contributed by atoms with Crippen LogP contribution in [0, 0.1) is 55.4 Å². The zero-order valence-electron chi connectivity index (χ0n) is 17.0. The van der Waals surface area contributed by atoms with Gasteiger partial charge in [-0.05, 0) is 0 Å². The Labute approximate surface area is 169 Å². The fraction of sp³-hybridized carbons (Fsp3) is 0.500. The third-order valence-corrected chi connectivity index (χ3v) is 4.36. The predicted molar refractivity (Wildman–Crippen MR) is 101 cm³/mol. The molecule has 4 heteroatoms. The Bertz CT molecular complexity index is 473. The van der Waals surface area contributed by atoms with Crippen LogP contribution in [0.3, 0.4) is 0 Å². The number of aryl methyl sites for hydroxylation is 4. The summed E-state index contributed by atoms with van der Waals surface area (Å²) in [6.07, 6.45) is 0. The maximum Gasteiger partial charge on any atom is 4.00 e. The van der Waals surface area contributed by atoms with E-state index < -0.39 is 0 Å². The summed E-state index contributed by atoms with van der Waals surface area (Å²) in [6.45, 7) is 21.8. The molecule has 135 valence electrons. The van der Waals surface area contributed by atoms with Crippen molar-refractivity contribution in [1.82, 2.24) is 0 Å². The molecule has 2 rings (SSSR count). The van der Waals surface area contributed by atoms with Gasteiger partial charge in [0.25, 0.3) is 0 Å². The molecule has 2 aromatic carbocycles. The molecule has 0 N–H and O–H groups in total. The molecule has 1 radical (unpaired) electrons. The van der Waals surface area contributed by atoms with Crippen LogP contribution in [0.25, 0.3) is 0 Å². The van der Waals surface area contributed by atoms with Crippen LogP contribution in [0.2, 0.25) is 13.1 Å². The van der Waals surface area contributed by atoms with Gasteiger partial charge in [0.1, 0.15) is 0 Å². The van der Waals surface area contributed by atoms with E-state index in [9.17, 15) is 0 Å². The first-order chi connectivity index (χ1) is 9.67. The summed E-state index contributed by atoms with van der Waals surface area (Å²) in [5.74, 6) is 0. The van der Waals surface area contributed by atoms with E-state index in [1.54, 1.807) is 0 Å². The molecule has 0 amide bonds. The molecule has 24 heavy (non-hydrogen) atoms. The molecule has 0 saturated heterocycles. The van der Waals surface area contributed by atoms with Crippen molar-refractivity contribution in [2.75, 3.05) is 0 Å².